The number of rotatable bonds is 2. The van der Waals surface area contributed by atoms with Crippen LogP contribution < -0.4 is 5.32 Å². The number of hydrogen-bond acceptors (Lipinski definition) is 2. The zero-order chi connectivity index (χ0) is 14.4. The first-order chi connectivity index (χ1) is 10.2. The van der Waals surface area contributed by atoms with E-state index in [4.69, 9.17) is 0 Å². The van der Waals surface area contributed by atoms with E-state index >= 15 is 0 Å². The van der Waals surface area contributed by atoms with E-state index in [2.05, 4.69) is 65.8 Å². The predicted octanol–water partition coefficient (Wildman–Crippen LogP) is 3.93. The Hall–Kier alpha value is -2.29. The maximum Gasteiger partial charge on any atom is 0.152 e. The molecule has 1 aromatic heterocycles. The molecule has 2 aromatic rings. The maximum absolute atomic E-state index is 4.47. The third kappa shape index (κ3) is 1.92. The summed E-state index contributed by atoms with van der Waals surface area (Å²) in [5.74, 6) is 1.44. The molecular weight excluding hydrogens is 258 g/mol. The molecule has 1 unspecified atom stereocenters. The van der Waals surface area contributed by atoms with E-state index in [1.807, 2.05) is 0 Å². The number of aromatic nitrogens is 2. The normalized spacial score (nSPS) is 19.5. The number of nitrogens with one attached hydrogen (secondary N) is 2. The molecule has 3 heteroatoms. The third-order valence-electron chi connectivity index (χ3n) is 4.52. The monoisotopic (exact) mass is 277 g/mol. The van der Waals surface area contributed by atoms with E-state index in [1.165, 1.54) is 33.5 Å². The van der Waals surface area contributed by atoms with Gasteiger partial charge in [-0.25, -0.2) is 0 Å². The van der Waals surface area contributed by atoms with Crippen LogP contribution in [0.2, 0.25) is 0 Å². The Bertz CT molecular complexity index is 765. The molecule has 1 atom stereocenters. The van der Waals surface area contributed by atoms with Gasteiger partial charge in [-0.1, -0.05) is 42.0 Å². The van der Waals surface area contributed by atoms with Gasteiger partial charge in [-0.2, -0.15) is 5.10 Å². The molecule has 0 saturated carbocycles. The second kappa shape index (κ2) is 4.62. The lowest BCUT2D eigenvalue weighted by molar-refractivity contribution is 0.713. The van der Waals surface area contributed by atoms with Crippen molar-refractivity contribution in [3.05, 3.63) is 64.4 Å². The Balaban J connectivity index is 1.84. The van der Waals surface area contributed by atoms with Crippen molar-refractivity contribution in [2.45, 2.75) is 26.2 Å². The van der Waals surface area contributed by atoms with Gasteiger partial charge in [0.2, 0.25) is 0 Å². The predicted molar refractivity (Wildman–Crippen MR) is 86.6 cm³/mol. The summed E-state index contributed by atoms with van der Waals surface area (Å²) in [6, 6.07) is 6.78. The van der Waals surface area contributed by atoms with Crippen LogP contribution in [-0.2, 0) is 0 Å². The molecule has 2 aliphatic rings. The van der Waals surface area contributed by atoms with Crippen LogP contribution in [0, 0.1) is 13.8 Å². The fourth-order valence-electron chi connectivity index (χ4n) is 3.41. The molecule has 3 nitrogen and oxygen atoms in total. The lowest BCUT2D eigenvalue weighted by Gasteiger charge is -2.26. The topological polar surface area (TPSA) is 40.7 Å². The van der Waals surface area contributed by atoms with Crippen molar-refractivity contribution in [2.24, 2.45) is 0 Å². The summed E-state index contributed by atoms with van der Waals surface area (Å²) in [5, 5.41) is 11.1. The summed E-state index contributed by atoms with van der Waals surface area (Å²) < 4.78 is 0. The summed E-state index contributed by atoms with van der Waals surface area (Å²) in [4.78, 5) is 0. The number of nitrogens with zero attached hydrogens (tertiary/aromatic N) is 1. The highest BCUT2D eigenvalue weighted by atomic mass is 15.2. The first-order valence-corrected chi connectivity index (χ1v) is 7.52. The molecule has 106 valence electrons. The number of hydrogen-bond donors (Lipinski definition) is 2. The first-order valence-electron chi connectivity index (χ1n) is 7.52. The minimum atomic E-state index is 0.422. The van der Waals surface area contributed by atoms with Gasteiger partial charge in [-0.05, 0) is 37.0 Å². The van der Waals surface area contributed by atoms with Gasteiger partial charge in [0.25, 0.3) is 0 Å². The van der Waals surface area contributed by atoms with Crippen LogP contribution in [0.5, 0.6) is 0 Å². The Labute approximate surface area is 124 Å². The highest BCUT2D eigenvalue weighted by Gasteiger charge is 2.29. The number of allylic oxidation sites excluding steroid dienone is 4. The zero-order valence-corrected chi connectivity index (χ0v) is 12.4. The lowest BCUT2D eigenvalue weighted by atomic mass is 9.82. The number of H-pyrrole nitrogens is 1. The zero-order valence-electron chi connectivity index (χ0n) is 12.4. The molecule has 4 rings (SSSR count). The van der Waals surface area contributed by atoms with Crippen LogP contribution in [0.4, 0.5) is 5.82 Å². The molecular formula is C18H19N3. The van der Waals surface area contributed by atoms with E-state index in [0.29, 0.717) is 5.92 Å². The molecule has 2 N–H and O–H groups in total. The van der Waals surface area contributed by atoms with Crippen LogP contribution in [0.15, 0.2) is 36.4 Å². The van der Waals surface area contributed by atoms with Gasteiger partial charge in [0, 0.05) is 18.0 Å². The summed E-state index contributed by atoms with van der Waals surface area (Å²) >= 11 is 0. The number of aryl methyl sites for hydroxylation is 2. The van der Waals surface area contributed by atoms with Crippen molar-refractivity contribution >= 4 is 11.4 Å². The van der Waals surface area contributed by atoms with Crippen LogP contribution in [0.3, 0.4) is 0 Å². The van der Waals surface area contributed by atoms with Crippen molar-refractivity contribution in [1.29, 1.82) is 0 Å². The van der Waals surface area contributed by atoms with E-state index in [1.54, 1.807) is 0 Å². The molecule has 1 aromatic carbocycles. The van der Waals surface area contributed by atoms with Gasteiger partial charge in [0.15, 0.2) is 5.82 Å². The average molecular weight is 277 g/mol. The molecule has 1 aliphatic carbocycles. The molecule has 1 aliphatic heterocycles. The van der Waals surface area contributed by atoms with Crippen molar-refractivity contribution < 1.29 is 0 Å². The molecule has 0 radical (unpaired) electrons. The molecule has 0 saturated heterocycles. The van der Waals surface area contributed by atoms with Crippen molar-refractivity contribution in [3.63, 3.8) is 0 Å². The van der Waals surface area contributed by atoms with Gasteiger partial charge in [0.05, 0.1) is 5.69 Å². The third-order valence-corrected chi connectivity index (χ3v) is 4.52. The van der Waals surface area contributed by atoms with Gasteiger partial charge in [-0.3, -0.25) is 5.10 Å². The Morgan fingerprint density at radius 2 is 2.10 bits per heavy atom. The van der Waals surface area contributed by atoms with E-state index in [-0.39, 0.29) is 0 Å². The molecule has 21 heavy (non-hydrogen) atoms. The smallest absolute Gasteiger partial charge is 0.152 e. The number of fused-ring (bicyclic) bond motifs is 1. The molecule has 0 amide bonds. The lowest BCUT2D eigenvalue weighted by Crippen LogP contribution is -2.18. The highest BCUT2D eigenvalue weighted by molar-refractivity contribution is 5.83. The van der Waals surface area contributed by atoms with Crippen LogP contribution in [-0.4, -0.2) is 16.7 Å². The Morgan fingerprint density at radius 3 is 2.81 bits per heavy atom. The molecule has 2 heterocycles. The first kappa shape index (κ1) is 12.5. The maximum atomic E-state index is 4.47. The molecule has 0 fully saturated rings. The quantitative estimate of drug-likeness (QED) is 0.873. The van der Waals surface area contributed by atoms with E-state index in [9.17, 15) is 0 Å². The molecule has 0 spiro atoms. The summed E-state index contributed by atoms with van der Waals surface area (Å²) in [7, 11) is 0. The minimum absolute atomic E-state index is 0.422. The number of aromatic amines is 1. The molecule has 0 bridgehead atoms. The van der Waals surface area contributed by atoms with Crippen molar-refractivity contribution in [2.75, 3.05) is 11.9 Å². The SMILES string of the molecule is Cc1ccc(C2CCNc3n[nH]c(C4=CC=C4)c32)c(C)c1. The fourth-order valence-corrected chi connectivity index (χ4v) is 3.41. The van der Waals surface area contributed by atoms with Crippen LogP contribution in [0.25, 0.3) is 5.57 Å². The van der Waals surface area contributed by atoms with Crippen molar-refractivity contribution in [1.82, 2.24) is 10.2 Å². The van der Waals surface area contributed by atoms with Crippen LogP contribution in [0.1, 0.15) is 40.3 Å². The van der Waals surface area contributed by atoms with E-state index in [0.717, 1.165) is 18.8 Å². The van der Waals surface area contributed by atoms with Gasteiger partial charge in [-0.15, -0.1) is 0 Å². The largest absolute Gasteiger partial charge is 0.368 e. The van der Waals surface area contributed by atoms with Gasteiger partial charge >= 0.3 is 0 Å². The summed E-state index contributed by atoms with van der Waals surface area (Å²) in [6.45, 7) is 5.34. The van der Waals surface area contributed by atoms with Crippen LogP contribution >= 0.6 is 0 Å². The van der Waals surface area contributed by atoms with Gasteiger partial charge < -0.3 is 5.32 Å². The van der Waals surface area contributed by atoms with Crippen molar-refractivity contribution in [3.8, 4) is 0 Å². The second-order valence-electron chi connectivity index (χ2n) is 5.97. The minimum Gasteiger partial charge on any atom is -0.368 e. The number of anilines is 1. The highest BCUT2D eigenvalue weighted by Crippen LogP contribution is 2.41. The van der Waals surface area contributed by atoms with E-state index < -0.39 is 0 Å². The summed E-state index contributed by atoms with van der Waals surface area (Å²) in [6.07, 6.45) is 7.47. The Kier molecular flexibility index (Phi) is 2.74. The summed E-state index contributed by atoms with van der Waals surface area (Å²) in [5.41, 5.74) is 7.87. The second-order valence-corrected chi connectivity index (χ2v) is 5.97. The fraction of sp³-hybridized carbons (Fsp3) is 0.278. The average Bonchev–Trinajstić information content (AvgIpc) is 2.81. The Morgan fingerprint density at radius 1 is 1.24 bits per heavy atom. The standard InChI is InChI=1S/C18H19N3/c1-11-6-7-14(12(2)10-11)15-8-9-19-18-16(15)17(20-21-18)13-4-3-5-13/h3-7,10,15H,8-9H2,1-2H3,(H2,19,20,21). The number of benzene rings is 1. The van der Waals surface area contributed by atoms with Gasteiger partial charge in [0.1, 0.15) is 0 Å².